The van der Waals surface area contributed by atoms with E-state index in [0.29, 0.717) is 17.5 Å². The lowest BCUT2D eigenvalue weighted by molar-refractivity contribution is 0.669. The molecule has 0 spiro atoms. The maximum atomic E-state index is 6.24. The molecule has 0 radical (unpaired) electrons. The molecule has 4 aromatic heterocycles. The molecule has 0 unspecified atom stereocenters. The summed E-state index contributed by atoms with van der Waals surface area (Å²) in [6, 6.07) is 62.0. The van der Waals surface area contributed by atoms with E-state index in [4.69, 9.17) is 19.4 Å². The van der Waals surface area contributed by atoms with Gasteiger partial charge in [0.25, 0.3) is 0 Å². The van der Waals surface area contributed by atoms with Gasteiger partial charge in [0.05, 0.1) is 0 Å². The van der Waals surface area contributed by atoms with Gasteiger partial charge in [-0.2, -0.15) is 0 Å². The van der Waals surface area contributed by atoms with Gasteiger partial charge in [0.1, 0.15) is 11.2 Å². The number of aromatic nitrogens is 3. The summed E-state index contributed by atoms with van der Waals surface area (Å²) in [6.45, 7) is 0. The van der Waals surface area contributed by atoms with Crippen molar-refractivity contribution < 1.29 is 4.42 Å². The zero-order valence-corrected chi connectivity index (χ0v) is 31.9. The number of hydrogen-bond acceptors (Lipinski definition) is 6. The van der Waals surface area contributed by atoms with Crippen LogP contribution in [0.1, 0.15) is 0 Å². The summed E-state index contributed by atoms with van der Waals surface area (Å²) in [7, 11) is 0. The first-order chi connectivity index (χ1) is 28.2. The number of thiophene rings is 2. The van der Waals surface area contributed by atoms with Crippen LogP contribution >= 0.6 is 22.7 Å². The standard InChI is InChI=1S/C51H29N3OS2/c1-3-13-30(14-4-1)49-52-50(31-15-5-2-6-16-31)54-51(53-49)39-22-12-21-38-37-20-11-19-34(46(37)57-47(38)39)33-28-40(48-42(29-33)36-18-8-10-24-45(36)56-48)32-25-26-44-41(27-32)35-17-7-9-23-43(35)55-44/h1-29H. The minimum absolute atomic E-state index is 0.656. The van der Waals surface area contributed by atoms with Gasteiger partial charge in [-0.1, -0.05) is 133 Å². The molecule has 0 aliphatic rings. The summed E-state index contributed by atoms with van der Waals surface area (Å²) in [5.74, 6) is 1.98. The highest BCUT2D eigenvalue weighted by Crippen LogP contribution is 2.48. The lowest BCUT2D eigenvalue weighted by atomic mass is 9.94. The average Bonchev–Trinajstić information content (AvgIpc) is 3.98. The van der Waals surface area contributed by atoms with Crippen LogP contribution in [-0.4, -0.2) is 15.0 Å². The highest BCUT2D eigenvalue weighted by Gasteiger charge is 2.20. The fraction of sp³-hybridized carbons (Fsp3) is 0. The Kier molecular flexibility index (Phi) is 7.24. The fourth-order valence-electron chi connectivity index (χ4n) is 8.24. The predicted molar refractivity (Wildman–Crippen MR) is 240 cm³/mol. The van der Waals surface area contributed by atoms with Crippen LogP contribution in [0.5, 0.6) is 0 Å². The molecular formula is C51H29N3OS2. The summed E-state index contributed by atoms with van der Waals surface area (Å²) in [4.78, 5) is 15.2. The van der Waals surface area contributed by atoms with Crippen molar-refractivity contribution >= 4 is 85.0 Å². The number of furan rings is 1. The molecule has 6 heteroatoms. The predicted octanol–water partition coefficient (Wildman–Crippen LogP) is 14.8. The third kappa shape index (κ3) is 5.22. The average molecular weight is 764 g/mol. The van der Waals surface area contributed by atoms with Crippen molar-refractivity contribution in [2.75, 3.05) is 0 Å². The summed E-state index contributed by atoms with van der Waals surface area (Å²) in [6.07, 6.45) is 0. The molecule has 0 fully saturated rings. The van der Waals surface area contributed by atoms with Gasteiger partial charge in [-0.3, -0.25) is 0 Å². The van der Waals surface area contributed by atoms with Gasteiger partial charge in [0.15, 0.2) is 17.5 Å². The highest BCUT2D eigenvalue weighted by molar-refractivity contribution is 7.27. The van der Waals surface area contributed by atoms with Gasteiger partial charge in [-0.15, -0.1) is 22.7 Å². The summed E-state index contributed by atoms with van der Waals surface area (Å²) >= 11 is 3.68. The molecule has 4 nitrogen and oxygen atoms in total. The van der Waals surface area contributed by atoms with Gasteiger partial charge in [-0.05, 0) is 59.2 Å². The quantitative estimate of drug-likeness (QED) is 0.175. The zero-order chi connectivity index (χ0) is 37.5. The first-order valence-electron chi connectivity index (χ1n) is 18.9. The van der Waals surface area contributed by atoms with Gasteiger partial charge in [-0.25, -0.2) is 15.0 Å². The molecule has 0 atom stereocenters. The van der Waals surface area contributed by atoms with Crippen molar-refractivity contribution in [3.8, 4) is 56.4 Å². The van der Waals surface area contributed by atoms with E-state index in [1.807, 2.05) is 71.2 Å². The van der Waals surface area contributed by atoms with Crippen LogP contribution in [0.2, 0.25) is 0 Å². The van der Waals surface area contributed by atoms with Crippen molar-refractivity contribution in [1.29, 1.82) is 0 Å². The van der Waals surface area contributed by atoms with Crippen LogP contribution in [0.3, 0.4) is 0 Å². The Bertz CT molecular complexity index is 3470. The topological polar surface area (TPSA) is 51.8 Å². The molecule has 8 aromatic carbocycles. The van der Waals surface area contributed by atoms with Crippen LogP contribution in [-0.2, 0) is 0 Å². The number of para-hydroxylation sites is 1. The Labute approximate surface area is 335 Å². The molecule has 0 bridgehead atoms. The second kappa shape index (κ2) is 12.8. The van der Waals surface area contributed by atoms with Crippen molar-refractivity contribution in [2.24, 2.45) is 0 Å². The van der Waals surface area contributed by atoms with E-state index in [9.17, 15) is 0 Å². The number of rotatable bonds is 5. The fourth-order valence-corrected chi connectivity index (χ4v) is 10.8. The Morgan fingerprint density at radius 3 is 1.63 bits per heavy atom. The van der Waals surface area contributed by atoms with Crippen LogP contribution in [0.4, 0.5) is 0 Å². The SMILES string of the molecule is c1ccc(-c2nc(-c3ccccc3)nc(-c3cccc4c3sc3c(-c5cc(-c6ccc7oc8ccccc8c7c6)c6sc7ccccc7c6c5)cccc34)n2)cc1. The molecule has 0 N–H and O–H groups in total. The van der Waals surface area contributed by atoms with E-state index in [2.05, 4.69) is 127 Å². The Hall–Kier alpha value is -6.99. The minimum atomic E-state index is 0.656. The van der Waals surface area contributed by atoms with E-state index in [0.717, 1.165) is 43.3 Å². The normalized spacial score (nSPS) is 11.9. The van der Waals surface area contributed by atoms with Crippen molar-refractivity contribution in [3.05, 3.63) is 176 Å². The van der Waals surface area contributed by atoms with Gasteiger partial charge >= 0.3 is 0 Å². The van der Waals surface area contributed by atoms with E-state index in [-0.39, 0.29) is 0 Å². The molecule has 12 aromatic rings. The maximum absolute atomic E-state index is 6.24. The second-order valence-electron chi connectivity index (χ2n) is 14.3. The first-order valence-corrected chi connectivity index (χ1v) is 20.6. The van der Waals surface area contributed by atoms with Crippen LogP contribution in [0, 0.1) is 0 Å². The lowest BCUT2D eigenvalue weighted by Gasteiger charge is -2.10. The number of hydrogen-bond donors (Lipinski definition) is 0. The molecule has 0 amide bonds. The van der Waals surface area contributed by atoms with Gasteiger partial charge < -0.3 is 4.42 Å². The largest absolute Gasteiger partial charge is 0.456 e. The van der Waals surface area contributed by atoms with Crippen molar-refractivity contribution in [3.63, 3.8) is 0 Å². The molecule has 57 heavy (non-hydrogen) atoms. The highest BCUT2D eigenvalue weighted by atomic mass is 32.1. The van der Waals surface area contributed by atoms with E-state index >= 15 is 0 Å². The third-order valence-electron chi connectivity index (χ3n) is 10.9. The Balaban J connectivity index is 1.08. The molecule has 0 aliphatic carbocycles. The number of nitrogens with zero attached hydrogens (tertiary/aromatic N) is 3. The summed E-state index contributed by atoms with van der Waals surface area (Å²) in [5, 5.41) is 7.22. The van der Waals surface area contributed by atoms with Gasteiger partial charge in [0, 0.05) is 73.4 Å². The lowest BCUT2D eigenvalue weighted by Crippen LogP contribution is -2.00. The maximum Gasteiger partial charge on any atom is 0.165 e. The molecule has 0 aliphatic heterocycles. The van der Waals surface area contributed by atoms with E-state index in [1.54, 1.807) is 0 Å². The van der Waals surface area contributed by atoms with E-state index < -0.39 is 0 Å². The summed E-state index contributed by atoms with van der Waals surface area (Å²) < 4.78 is 11.2. The van der Waals surface area contributed by atoms with Crippen molar-refractivity contribution in [1.82, 2.24) is 15.0 Å². The minimum Gasteiger partial charge on any atom is -0.456 e. The monoisotopic (exact) mass is 763 g/mol. The summed E-state index contributed by atoms with van der Waals surface area (Å²) in [5.41, 5.74) is 9.52. The zero-order valence-electron chi connectivity index (χ0n) is 30.3. The number of fused-ring (bicyclic) bond motifs is 9. The molecule has 266 valence electrons. The molecule has 0 saturated carbocycles. The van der Waals surface area contributed by atoms with Crippen LogP contribution in [0.25, 0.3) is 119 Å². The number of benzene rings is 8. The van der Waals surface area contributed by atoms with E-state index in [1.165, 1.54) is 57.9 Å². The molecule has 12 rings (SSSR count). The third-order valence-corrected chi connectivity index (χ3v) is 13.4. The first kappa shape index (κ1) is 32.3. The second-order valence-corrected chi connectivity index (χ2v) is 16.4. The van der Waals surface area contributed by atoms with Crippen molar-refractivity contribution in [2.45, 2.75) is 0 Å². The van der Waals surface area contributed by atoms with Crippen LogP contribution < -0.4 is 0 Å². The molecule has 0 saturated heterocycles. The smallest absolute Gasteiger partial charge is 0.165 e. The molecule has 4 heterocycles. The Morgan fingerprint density at radius 2 is 0.877 bits per heavy atom. The van der Waals surface area contributed by atoms with Crippen LogP contribution in [0.15, 0.2) is 180 Å². The van der Waals surface area contributed by atoms with Gasteiger partial charge in [0.2, 0.25) is 0 Å². The Morgan fingerprint density at radius 1 is 0.316 bits per heavy atom. The molecular weight excluding hydrogens is 735 g/mol.